The van der Waals surface area contributed by atoms with Crippen LogP contribution in [0.25, 0.3) is 0 Å². The third-order valence-corrected chi connectivity index (χ3v) is 6.82. The zero-order valence-electron chi connectivity index (χ0n) is 12.7. The molecule has 0 saturated carbocycles. The van der Waals surface area contributed by atoms with Gasteiger partial charge in [-0.1, -0.05) is 11.6 Å². The van der Waals surface area contributed by atoms with E-state index < -0.39 is 20.7 Å². The minimum Gasteiger partial charge on any atom is -0.495 e. The van der Waals surface area contributed by atoms with E-state index in [9.17, 15) is 13.2 Å². The van der Waals surface area contributed by atoms with Crippen molar-refractivity contribution in [1.82, 2.24) is 4.31 Å². The Hall–Kier alpha value is -1.31. The summed E-state index contributed by atoms with van der Waals surface area (Å²) in [4.78, 5) is 12.5. The monoisotopic (exact) mass is 346 g/mol. The highest BCUT2D eigenvalue weighted by Gasteiger charge is 2.50. The molecule has 1 aliphatic heterocycles. The number of halogens is 1. The number of amides is 1. The SMILES string of the molecule is COc1ccc(NC(=O)[C@]2(C)CCCN(C)S2(=O)=O)cc1Cl. The fourth-order valence-corrected chi connectivity index (χ4v) is 4.47. The van der Waals surface area contributed by atoms with Crippen LogP contribution in [0.1, 0.15) is 19.8 Å². The third-order valence-electron chi connectivity index (χ3n) is 4.00. The Balaban J connectivity index is 2.26. The van der Waals surface area contributed by atoms with Gasteiger partial charge in [0.2, 0.25) is 15.9 Å². The number of nitrogens with one attached hydrogen (secondary N) is 1. The van der Waals surface area contributed by atoms with Crippen LogP contribution in [0.2, 0.25) is 5.02 Å². The zero-order valence-corrected chi connectivity index (χ0v) is 14.3. The minimum absolute atomic E-state index is 0.287. The van der Waals surface area contributed by atoms with Gasteiger partial charge >= 0.3 is 0 Å². The summed E-state index contributed by atoms with van der Waals surface area (Å²) in [6, 6.07) is 4.76. The molecular weight excluding hydrogens is 328 g/mol. The molecule has 1 aliphatic rings. The van der Waals surface area contributed by atoms with Crippen LogP contribution < -0.4 is 10.1 Å². The lowest BCUT2D eigenvalue weighted by molar-refractivity contribution is -0.118. The lowest BCUT2D eigenvalue weighted by Crippen LogP contribution is -2.56. The number of carbonyl (C=O) groups excluding carboxylic acids is 1. The van der Waals surface area contributed by atoms with Gasteiger partial charge in [0.15, 0.2) is 4.75 Å². The molecule has 0 bridgehead atoms. The van der Waals surface area contributed by atoms with Crippen molar-refractivity contribution in [1.29, 1.82) is 0 Å². The van der Waals surface area contributed by atoms with Gasteiger partial charge in [-0.05, 0) is 38.0 Å². The zero-order chi connectivity index (χ0) is 16.5. The van der Waals surface area contributed by atoms with Crippen molar-refractivity contribution in [3.8, 4) is 5.75 Å². The maximum absolute atomic E-state index is 12.5. The lowest BCUT2D eigenvalue weighted by atomic mass is 10.0. The third kappa shape index (κ3) is 2.80. The number of carbonyl (C=O) groups is 1. The Labute approximate surface area is 135 Å². The van der Waals surface area contributed by atoms with Gasteiger partial charge in [0.05, 0.1) is 12.1 Å². The first kappa shape index (κ1) is 17.1. The number of sulfonamides is 1. The van der Waals surface area contributed by atoms with E-state index in [0.29, 0.717) is 29.4 Å². The minimum atomic E-state index is -3.68. The first-order chi connectivity index (χ1) is 10.2. The number of hydrogen-bond donors (Lipinski definition) is 1. The van der Waals surface area contributed by atoms with Crippen molar-refractivity contribution in [2.75, 3.05) is 26.0 Å². The topological polar surface area (TPSA) is 75.7 Å². The van der Waals surface area contributed by atoms with Crippen molar-refractivity contribution in [3.63, 3.8) is 0 Å². The van der Waals surface area contributed by atoms with Crippen LogP contribution in [-0.2, 0) is 14.8 Å². The number of rotatable bonds is 3. The van der Waals surface area contributed by atoms with Crippen LogP contribution in [0.15, 0.2) is 18.2 Å². The average Bonchev–Trinajstić information content (AvgIpc) is 2.45. The molecule has 22 heavy (non-hydrogen) atoms. The molecule has 6 nitrogen and oxygen atoms in total. The molecule has 0 aromatic heterocycles. The molecule has 1 aromatic carbocycles. The van der Waals surface area contributed by atoms with Gasteiger partial charge in [0.1, 0.15) is 5.75 Å². The fraction of sp³-hybridized carbons (Fsp3) is 0.500. The molecule has 1 amide bonds. The quantitative estimate of drug-likeness (QED) is 0.909. The van der Waals surface area contributed by atoms with E-state index in [1.807, 2.05) is 0 Å². The van der Waals surface area contributed by atoms with Crippen LogP contribution >= 0.6 is 11.6 Å². The molecule has 8 heteroatoms. The molecule has 0 spiro atoms. The summed E-state index contributed by atoms with van der Waals surface area (Å²) >= 11 is 6.01. The van der Waals surface area contributed by atoms with Crippen LogP contribution in [0.5, 0.6) is 5.75 Å². The van der Waals surface area contributed by atoms with Crippen LogP contribution in [0, 0.1) is 0 Å². The average molecular weight is 347 g/mol. The van der Waals surface area contributed by atoms with Gasteiger partial charge in [0.25, 0.3) is 0 Å². The second-order valence-corrected chi connectivity index (χ2v) is 8.35. The predicted octanol–water partition coefficient (Wildman–Crippen LogP) is 2.10. The second kappa shape index (κ2) is 6.06. The molecule has 0 radical (unpaired) electrons. The van der Waals surface area contributed by atoms with Crippen LogP contribution in [0.4, 0.5) is 5.69 Å². The summed E-state index contributed by atoms with van der Waals surface area (Å²) < 4.78 is 29.7. The van der Waals surface area contributed by atoms with E-state index >= 15 is 0 Å². The Kier molecular flexibility index (Phi) is 4.70. The van der Waals surface area contributed by atoms with E-state index in [4.69, 9.17) is 16.3 Å². The summed E-state index contributed by atoms with van der Waals surface area (Å²) in [5.41, 5.74) is 0.431. The number of anilines is 1. The fourth-order valence-electron chi connectivity index (χ4n) is 2.47. The second-order valence-electron chi connectivity index (χ2n) is 5.46. The van der Waals surface area contributed by atoms with E-state index in [2.05, 4.69) is 5.32 Å². The molecule has 1 atom stereocenters. The van der Waals surface area contributed by atoms with Crippen molar-refractivity contribution in [3.05, 3.63) is 23.2 Å². The van der Waals surface area contributed by atoms with E-state index in [0.717, 1.165) is 0 Å². The Morgan fingerprint density at radius 3 is 2.73 bits per heavy atom. The number of ether oxygens (including phenoxy) is 1. The summed E-state index contributed by atoms with van der Waals surface area (Å²) in [5.74, 6) is -0.0730. The lowest BCUT2D eigenvalue weighted by Gasteiger charge is -2.36. The molecular formula is C14H19ClN2O4S. The summed E-state index contributed by atoms with van der Waals surface area (Å²) in [7, 11) is -0.699. The van der Waals surface area contributed by atoms with Gasteiger partial charge in [-0.25, -0.2) is 12.7 Å². The molecule has 1 fully saturated rings. The van der Waals surface area contributed by atoms with Crippen molar-refractivity contribution in [2.24, 2.45) is 0 Å². The first-order valence-corrected chi connectivity index (χ1v) is 8.65. The van der Waals surface area contributed by atoms with Crippen LogP contribution in [-0.4, -0.2) is 44.1 Å². The van der Waals surface area contributed by atoms with Crippen LogP contribution in [0.3, 0.4) is 0 Å². The molecule has 0 aliphatic carbocycles. The number of hydrogen-bond acceptors (Lipinski definition) is 4. The number of methoxy groups -OCH3 is 1. The van der Waals surface area contributed by atoms with Gasteiger partial charge in [-0.3, -0.25) is 4.79 Å². The number of benzene rings is 1. The standard InChI is InChI=1S/C14H19ClN2O4S/c1-14(7-4-8-17(2)22(14,19)20)13(18)16-10-5-6-12(21-3)11(15)9-10/h5-6,9H,4,7-8H2,1-3H3,(H,16,18)/t14-/m0/s1. The molecule has 0 unspecified atom stereocenters. The summed E-state index contributed by atoms with van der Waals surface area (Å²) in [6.07, 6.45) is 0.929. The highest BCUT2D eigenvalue weighted by Crippen LogP contribution is 2.33. The molecule has 1 heterocycles. The van der Waals surface area contributed by atoms with Gasteiger partial charge in [0, 0.05) is 19.3 Å². The molecule has 2 rings (SSSR count). The highest BCUT2D eigenvalue weighted by molar-refractivity contribution is 7.91. The highest BCUT2D eigenvalue weighted by atomic mass is 35.5. The molecule has 1 N–H and O–H groups in total. The van der Waals surface area contributed by atoms with E-state index in [-0.39, 0.29) is 6.42 Å². The van der Waals surface area contributed by atoms with Gasteiger partial charge in [-0.15, -0.1) is 0 Å². The largest absolute Gasteiger partial charge is 0.495 e. The van der Waals surface area contributed by atoms with E-state index in [1.54, 1.807) is 12.1 Å². The Morgan fingerprint density at radius 2 is 2.14 bits per heavy atom. The summed E-state index contributed by atoms with van der Waals surface area (Å²) in [6.45, 7) is 1.89. The maximum Gasteiger partial charge on any atom is 0.246 e. The first-order valence-electron chi connectivity index (χ1n) is 6.83. The molecule has 1 saturated heterocycles. The Bertz CT molecular complexity index is 692. The van der Waals surface area contributed by atoms with Crippen molar-refractivity contribution in [2.45, 2.75) is 24.5 Å². The summed E-state index contributed by atoms with van der Waals surface area (Å²) in [5, 5.41) is 2.98. The molecule has 122 valence electrons. The number of nitrogens with zero attached hydrogens (tertiary/aromatic N) is 1. The van der Waals surface area contributed by atoms with Gasteiger partial charge < -0.3 is 10.1 Å². The maximum atomic E-state index is 12.5. The van der Waals surface area contributed by atoms with E-state index in [1.165, 1.54) is 31.5 Å². The Morgan fingerprint density at radius 1 is 1.45 bits per heavy atom. The predicted molar refractivity (Wildman–Crippen MR) is 85.8 cm³/mol. The molecule has 1 aromatic rings. The van der Waals surface area contributed by atoms with Crippen molar-refractivity contribution >= 4 is 33.2 Å². The van der Waals surface area contributed by atoms with Crippen molar-refractivity contribution < 1.29 is 17.9 Å². The smallest absolute Gasteiger partial charge is 0.246 e. The van der Waals surface area contributed by atoms with Gasteiger partial charge in [-0.2, -0.15) is 0 Å². The normalized spacial score (nSPS) is 24.7.